The zero-order valence-electron chi connectivity index (χ0n) is 9.20. The maximum Gasteiger partial charge on any atom is 0.320 e. The molecule has 0 heterocycles. The Hall–Kier alpha value is -0.570. The summed E-state index contributed by atoms with van der Waals surface area (Å²) in [6.45, 7) is 5.03. The summed E-state index contributed by atoms with van der Waals surface area (Å²) in [6.07, 6.45) is 5.26. The number of carboxylic acid groups (broad SMARTS) is 1. The summed E-state index contributed by atoms with van der Waals surface area (Å²) in [7, 11) is 0. The molecule has 0 aromatic heterocycles. The molecule has 3 heteroatoms. The Labute approximate surface area is 86.1 Å². The lowest BCUT2D eigenvalue weighted by atomic mass is 10.1. The predicted octanol–water partition coefficient (Wildman–Crippen LogP) is 2.11. The smallest absolute Gasteiger partial charge is 0.320 e. The number of carboxylic acids is 1. The van der Waals surface area contributed by atoms with E-state index in [4.69, 9.17) is 5.11 Å². The minimum absolute atomic E-state index is 0.243. The molecular weight excluding hydrogens is 178 g/mol. The van der Waals surface area contributed by atoms with Crippen LogP contribution in [0.2, 0.25) is 0 Å². The Balaban J connectivity index is 2.49. The van der Waals surface area contributed by atoms with Crippen molar-refractivity contribution >= 4 is 5.97 Å². The SMILES string of the molecule is CCCCC(C(=O)O)N(CC)C1CC1. The number of nitrogens with zero attached hydrogens (tertiary/aromatic N) is 1. The number of likely N-dealkylation sites (N-methyl/N-ethyl adjacent to an activating group) is 1. The van der Waals surface area contributed by atoms with Crippen LogP contribution < -0.4 is 0 Å². The standard InChI is InChI=1S/C11H21NO2/c1-3-5-6-10(11(13)14)12(4-2)9-7-8-9/h9-10H,3-8H2,1-2H3,(H,13,14). The second-order valence-electron chi connectivity index (χ2n) is 4.06. The van der Waals surface area contributed by atoms with E-state index in [1.807, 2.05) is 0 Å². The van der Waals surface area contributed by atoms with E-state index in [9.17, 15) is 4.79 Å². The van der Waals surface area contributed by atoms with Crippen molar-refractivity contribution in [3.05, 3.63) is 0 Å². The average Bonchev–Trinajstić information content (AvgIpc) is 2.95. The first-order chi connectivity index (χ1) is 6.70. The summed E-state index contributed by atoms with van der Waals surface area (Å²) in [4.78, 5) is 13.2. The molecule has 1 saturated carbocycles. The lowest BCUT2D eigenvalue weighted by Gasteiger charge is -2.27. The van der Waals surface area contributed by atoms with Gasteiger partial charge in [-0.1, -0.05) is 26.7 Å². The molecular formula is C11H21NO2. The fraction of sp³-hybridized carbons (Fsp3) is 0.909. The van der Waals surface area contributed by atoms with E-state index in [1.165, 1.54) is 12.8 Å². The number of carbonyl (C=O) groups is 1. The molecule has 1 aliphatic carbocycles. The topological polar surface area (TPSA) is 40.5 Å². The number of hydrogen-bond donors (Lipinski definition) is 1. The molecule has 0 aromatic rings. The largest absolute Gasteiger partial charge is 0.480 e. The molecule has 14 heavy (non-hydrogen) atoms. The van der Waals surface area contributed by atoms with Gasteiger partial charge in [-0.2, -0.15) is 0 Å². The number of hydrogen-bond acceptors (Lipinski definition) is 2. The Morgan fingerprint density at radius 3 is 2.50 bits per heavy atom. The van der Waals surface area contributed by atoms with Crippen LogP contribution in [-0.2, 0) is 4.79 Å². The van der Waals surface area contributed by atoms with E-state index in [0.717, 1.165) is 25.8 Å². The minimum Gasteiger partial charge on any atom is -0.480 e. The number of rotatable bonds is 7. The first-order valence-corrected chi connectivity index (χ1v) is 5.69. The number of unbranched alkanes of at least 4 members (excludes halogenated alkanes) is 1. The van der Waals surface area contributed by atoms with E-state index in [1.54, 1.807) is 0 Å². The molecule has 0 amide bonds. The van der Waals surface area contributed by atoms with Crippen molar-refractivity contribution in [2.45, 2.75) is 58.0 Å². The third kappa shape index (κ3) is 2.98. The van der Waals surface area contributed by atoms with Crippen molar-refractivity contribution in [2.24, 2.45) is 0 Å². The van der Waals surface area contributed by atoms with Gasteiger partial charge in [0.1, 0.15) is 6.04 Å². The highest BCUT2D eigenvalue weighted by Crippen LogP contribution is 2.29. The minimum atomic E-state index is -0.646. The third-order valence-electron chi connectivity index (χ3n) is 2.90. The summed E-state index contributed by atoms with van der Waals surface area (Å²) in [5.74, 6) is -0.646. The van der Waals surface area contributed by atoms with Crippen molar-refractivity contribution in [2.75, 3.05) is 6.54 Å². The summed E-state index contributed by atoms with van der Waals surface area (Å²) in [5.41, 5.74) is 0. The fourth-order valence-corrected chi connectivity index (χ4v) is 1.97. The van der Waals surface area contributed by atoms with Gasteiger partial charge in [0.15, 0.2) is 0 Å². The lowest BCUT2D eigenvalue weighted by Crippen LogP contribution is -2.42. The predicted molar refractivity (Wildman–Crippen MR) is 56.4 cm³/mol. The summed E-state index contributed by atoms with van der Waals surface area (Å²) in [5, 5.41) is 9.14. The molecule has 0 saturated heterocycles. The van der Waals surface area contributed by atoms with Gasteiger partial charge in [-0.05, 0) is 25.8 Å². The molecule has 0 radical (unpaired) electrons. The van der Waals surface area contributed by atoms with E-state index in [0.29, 0.717) is 6.04 Å². The maximum atomic E-state index is 11.1. The van der Waals surface area contributed by atoms with Crippen LogP contribution >= 0.6 is 0 Å². The molecule has 1 N–H and O–H groups in total. The van der Waals surface area contributed by atoms with Gasteiger partial charge < -0.3 is 5.11 Å². The molecule has 1 atom stereocenters. The van der Waals surface area contributed by atoms with Crippen molar-refractivity contribution < 1.29 is 9.90 Å². The van der Waals surface area contributed by atoms with Crippen molar-refractivity contribution in [1.29, 1.82) is 0 Å². The Kier molecular flexibility index (Phi) is 4.39. The van der Waals surface area contributed by atoms with Gasteiger partial charge in [-0.3, -0.25) is 9.69 Å². The molecule has 1 fully saturated rings. The van der Waals surface area contributed by atoms with E-state index < -0.39 is 5.97 Å². The average molecular weight is 199 g/mol. The molecule has 82 valence electrons. The summed E-state index contributed by atoms with van der Waals surface area (Å²) in [6, 6.07) is 0.311. The van der Waals surface area contributed by atoms with E-state index in [2.05, 4.69) is 18.7 Å². The molecule has 0 aliphatic heterocycles. The van der Waals surface area contributed by atoms with Crippen LogP contribution in [0.3, 0.4) is 0 Å². The molecule has 0 spiro atoms. The van der Waals surface area contributed by atoms with Crippen LogP contribution in [0.1, 0.15) is 46.0 Å². The van der Waals surface area contributed by atoms with Gasteiger partial charge in [-0.25, -0.2) is 0 Å². The zero-order valence-corrected chi connectivity index (χ0v) is 9.20. The summed E-state index contributed by atoms with van der Waals surface area (Å²) >= 11 is 0. The summed E-state index contributed by atoms with van der Waals surface area (Å²) < 4.78 is 0. The van der Waals surface area contributed by atoms with Crippen LogP contribution in [0.15, 0.2) is 0 Å². The van der Waals surface area contributed by atoms with Crippen LogP contribution in [0.4, 0.5) is 0 Å². The molecule has 0 bridgehead atoms. The monoisotopic (exact) mass is 199 g/mol. The Morgan fingerprint density at radius 1 is 1.50 bits per heavy atom. The van der Waals surface area contributed by atoms with Crippen molar-refractivity contribution in [1.82, 2.24) is 4.90 Å². The molecule has 1 rings (SSSR count). The molecule has 1 unspecified atom stereocenters. The lowest BCUT2D eigenvalue weighted by molar-refractivity contribution is -0.143. The zero-order chi connectivity index (χ0) is 10.6. The van der Waals surface area contributed by atoms with E-state index >= 15 is 0 Å². The number of aliphatic carboxylic acids is 1. The van der Waals surface area contributed by atoms with Gasteiger partial charge in [0.05, 0.1) is 0 Å². The van der Waals surface area contributed by atoms with Gasteiger partial charge in [0.2, 0.25) is 0 Å². The van der Waals surface area contributed by atoms with Crippen molar-refractivity contribution in [3.63, 3.8) is 0 Å². The van der Waals surface area contributed by atoms with Gasteiger partial charge in [-0.15, -0.1) is 0 Å². The maximum absolute atomic E-state index is 11.1. The van der Waals surface area contributed by atoms with Crippen LogP contribution in [0, 0.1) is 0 Å². The third-order valence-corrected chi connectivity index (χ3v) is 2.90. The molecule has 1 aliphatic rings. The van der Waals surface area contributed by atoms with Gasteiger partial charge in [0.25, 0.3) is 0 Å². The van der Waals surface area contributed by atoms with Crippen LogP contribution in [-0.4, -0.2) is 34.6 Å². The highest BCUT2D eigenvalue weighted by atomic mass is 16.4. The first-order valence-electron chi connectivity index (χ1n) is 5.69. The fourth-order valence-electron chi connectivity index (χ4n) is 1.97. The normalized spacial score (nSPS) is 18.5. The Bertz CT molecular complexity index is 190. The quantitative estimate of drug-likeness (QED) is 0.682. The van der Waals surface area contributed by atoms with Crippen LogP contribution in [0.25, 0.3) is 0 Å². The molecule has 0 aromatic carbocycles. The first kappa shape index (κ1) is 11.5. The highest BCUT2D eigenvalue weighted by Gasteiger charge is 2.35. The van der Waals surface area contributed by atoms with Gasteiger partial charge in [0, 0.05) is 6.04 Å². The second-order valence-corrected chi connectivity index (χ2v) is 4.06. The second kappa shape index (κ2) is 5.35. The van der Waals surface area contributed by atoms with Gasteiger partial charge >= 0.3 is 5.97 Å². The molecule has 3 nitrogen and oxygen atoms in total. The Morgan fingerprint density at radius 2 is 2.14 bits per heavy atom. The van der Waals surface area contributed by atoms with Crippen molar-refractivity contribution in [3.8, 4) is 0 Å². The highest BCUT2D eigenvalue weighted by molar-refractivity contribution is 5.73. The van der Waals surface area contributed by atoms with E-state index in [-0.39, 0.29) is 6.04 Å². The van der Waals surface area contributed by atoms with Crippen LogP contribution in [0.5, 0.6) is 0 Å².